The van der Waals surface area contributed by atoms with E-state index in [0.717, 1.165) is 44.0 Å². The third kappa shape index (κ3) is 5.72. The molecule has 1 aliphatic heterocycles. The van der Waals surface area contributed by atoms with Gasteiger partial charge in [0.15, 0.2) is 0 Å². The van der Waals surface area contributed by atoms with Crippen molar-refractivity contribution in [2.75, 3.05) is 26.7 Å². The fraction of sp³-hybridized carbons (Fsp3) is 0.600. The number of likely N-dealkylation sites (N-methyl/N-ethyl adjacent to an activating group) is 1. The van der Waals surface area contributed by atoms with Crippen LogP contribution in [0.15, 0.2) is 36.4 Å². The third-order valence-electron chi connectivity index (χ3n) is 6.53. The van der Waals surface area contributed by atoms with Gasteiger partial charge >= 0.3 is 0 Å². The summed E-state index contributed by atoms with van der Waals surface area (Å²) in [6.07, 6.45) is 4.46. The summed E-state index contributed by atoms with van der Waals surface area (Å²) in [6.45, 7) is 9.99. The van der Waals surface area contributed by atoms with E-state index in [2.05, 4.69) is 54.2 Å². The molecule has 0 spiro atoms. The summed E-state index contributed by atoms with van der Waals surface area (Å²) in [4.78, 5) is 17.9. The highest BCUT2D eigenvalue weighted by molar-refractivity contribution is 5.92. The zero-order valence-electron chi connectivity index (χ0n) is 19.3. The lowest BCUT2D eigenvalue weighted by Gasteiger charge is -2.40. The molecule has 3 rings (SSSR count). The van der Waals surface area contributed by atoms with Gasteiger partial charge in [0, 0.05) is 20.1 Å². The molecule has 30 heavy (non-hydrogen) atoms. The van der Waals surface area contributed by atoms with Gasteiger partial charge < -0.3 is 9.80 Å². The number of piperidine rings is 1. The van der Waals surface area contributed by atoms with E-state index >= 15 is 0 Å². The first kappa shape index (κ1) is 22.5. The third-order valence-corrected chi connectivity index (χ3v) is 6.53. The molecule has 1 aromatic heterocycles. The number of carbonyl (C=O) groups is 1. The summed E-state index contributed by atoms with van der Waals surface area (Å²) in [5.41, 5.74) is 2.85. The lowest BCUT2D eigenvalue weighted by Crippen LogP contribution is -2.48. The molecule has 5 nitrogen and oxygen atoms in total. The van der Waals surface area contributed by atoms with Crippen LogP contribution in [-0.2, 0) is 13.5 Å². The number of hydrogen-bond donors (Lipinski definition) is 0. The average Bonchev–Trinajstić information content (AvgIpc) is 3.08. The van der Waals surface area contributed by atoms with Crippen LogP contribution in [-0.4, -0.2) is 58.2 Å². The lowest BCUT2D eigenvalue weighted by atomic mass is 9.84. The number of aromatic nitrogens is 2. The predicted molar refractivity (Wildman–Crippen MR) is 123 cm³/mol. The van der Waals surface area contributed by atoms with Crippen LogP contribution in [0.3, 0.4) is 0 Å². The van der Waals surface area contributed by atoms with Gasteiger partial charge in [0.25, 0.3) is 5.91 Å². The first-order valence-electron chi connectivity index (χ1n) is 11.4. The Labute approximate surface area is 182 Å². The molecule has 0 aliphatic carbocycles. The molecule has 0 radical (unpaired) electrons. The van der Waals surface area contributed by atoms with E-state index in [9.17, 15) is 4.79 Å². The van der Waals surface area contributed by atoms with Crippen molar-refractivity contribution in [3.05, 3.63) is 53.3 Å². The number of aryl methyl sites for hydroxylation is 2. The highest BCUT2D eigenvalue weighted by Gasteiger charge is 2.32. The second-order valence-electron chi connectivity index (χ2n) is 9.33. The Morgan fingerprint density at radius 3 is 2.43 bits per heavy atom. The Bertz CT molecular complexity index is 806. The number of amides is 1. The number of rotatable bonds is 8. The van der Waals surface area contributed by atoms with Crippen LogP contribution in [0.2, 0.25) is 0 Å². The van der Waals surface area contributed by atoms with Crippen molar-refractivity contribution in [1.82, 2.24) is 19.6 Å². The van der Waals surface area contributed by atoms with Crippen LogP contribution in [0.25, 0.3) is 0 Å². The van der Waals surface area contributed by atoms with Gasteiger partial charge in [-0.15, -0.1) is 0 Å². The Kier molecular flexibility index (Phi) is 7.70. The molecule has 1 fully saturated rings. The summed E-state index contributed by atoms with van der Waals surface area (Å²) in [5, 5.41) is 4.38. The van der Waals surface area contributed by atoms with Gasteiger partial charge in [-0.25, -0.2) is 0 Å². The maximum atomic E-state index is 13.3. The molecule has 164 valence electrons. The van der Waals surface area contributed by atoms with E-state index in [4.69, 9.17) is 0 Å². The largest absolute Gasteiger partial charge is 0.337 e. The van der Waals surface area contributed by atoms with Gasteiger partial charge in [-0.3, -0.25) is 9.48 Å². The summed E-state index contributed by atoms with van der Waals surface area (Å²) >= 11 is 0. The van der Waals surface area contributed by atoms with Crippen LogP contribution in [0.4, 0.5) is 0 Å². The first-order chi connectivity index (χ1) is 14.3. The van der Waals surface area contributed by atoms with Crippen molar-refractivity contribution in [2.24, 2.45) is 18.9 Å². The molecule has 0 unspecified atom stereocenters. The molecular weight excluding hydrogens is 372 g/mol. The number of hydrogen-bond acceptors (Lipinski definition) is 3. The Morgan fingerprint density at radius 2 is 1.87 bits per heavy atom. The van der Waals surface area contributed by atoms with Crippen LogP contribution >= 0.6 is 0 Å². The molecule has 1 amide bonds. The van der Waals surface area contributed by atoms with Gasteiger partial charge in [-0.05, 0) is 75.7 Å². The normalized spacial score (nSPS) is 16.7. The average molecular weight is 411 g/mol. The van der Waals surface area contributed by atoms with Crippen molar-refractivity contribution >= 4 is 5.91 Å². The van der Waals surface area contributed by atoms with E-state index < -0.39 is 0 Å². The van der Waals surface area contributed by atoms with E-state index in [-0.39, 0.29) is 11.9 Å². The van der Waals surface area contributed by atoms with Crippen molar-refractivity contribution in [3.63, 3.8) is 0 Å². The number of likely N-dealkylation sites (tertiary alicyclic amines) is 1. The second kappa shape index (κ2) is 10.3. The molecular formula is C25H38N4O. The fourth-order valence-corrected chi connectivity index (χ4v) is 4.62. The Balaban J connectivity index is 1.74. The van der Waals surface area contributed by atoms with Gasteiger partial charge in [0.05, 0.1) is 5.69 Å². The highest BCUT2D eigenvalue weighted by Crippen LogP contribution is 2.27. The number of nitrogens with zero attached hydrogens (tertiary/aromatic N) is 4. The van der Waals surface area contributed by atoms with Crippen molar-refractivity contribution in [3.8, 4) is 0 Å². The molecule has 2 aromatic rings. The maximum Gasteiger partial charge on any atom is 0.272 e. The fourth-order valence-electron chi connectivity index (χ4n) is 4.62. The smallest absolute Gasteiger partial charge is 0.272 e. The lowest BCUT2D eigenvalue weighted by molar-refractivity contribution is 0.0577. The minimum atomic E-state index is 0.0706. The number of carbonyl (C=O) groups excluding carboxylic acids is 1. The zero-order chi connectivity index (χ0) is 21.7. The molecule has 0 saturated carbocycles. The second-order valence-corrected chi connectivity index (χ2v) is 9.33. The molecule has 2 heterocycles. The Hall–Kier alpha value is -2.14. The quantitative estimate of drug-likeness (QED) is 0.656. The highest BCUT2D eigenvalue weighted by atomic mass is 16.2. The summed E-state index contributed by atoms with van der Waals surface area (Å²) < 4.78 is 1.71. The predicted octanol–water partition coefficient (Wildman–Crippen LogP) is 4.17. The van der Waals surface area contributed by atoms with Crippen LogP contribution in [0.1, 0.15) is 54.9 Å². The Morgan fingerprint density at radius 1 is 1.20 bits per heavy atom. The molecule has 0 bridgehead atoms. The van der Waals surface area contributed by atoms with Crippen LogP contribution < -0.4 is 0 Å². The molecule has 1 aliphatic rings. The first-order valence-corrected chi connectivity index (χ1v) is 11.4. The SMILES string of the molecule is Cc1cc(C(=O)N(C)[C@H](Cc2ccccc2)C2CCN(CCC(C)C)CC2)n(C)n1. The van der Waals surface area contributed by atoms with Crippen LogP contribution in [0, 0.1) is 18.8 Å². The van der Waals surface area contributed by atoms with Crippen LogP contribution in [0.5, 0.6) is 0 Å². The maximum absolute atomic E-state index is 13.3. The summed E-state index contributed by atoms with van der Waals surface area (Å²) in [7, 11) is 3.83. The zero-order valence-corrected chi connectivity index (χ0v) is 19.3. The minimum absolute atomic E-state index is 0.0706. The minimum Gasteiger partial charge on any atom is -0.337 e. The van der Waals surface area contributed by atoms with Crippen molar-refractivity contribution < 1.29 is 4.79 Å². The molecule has 1 atom stereocenters. The molecule has 5 heteroatoms. The van der Waals surface area contributed by atoms with E-state index in [0.29, 0.717) is 11.6 Å². The van der Waals surface area contributed by atoms with Crippen molar-refractivity contribution in [1.29, 1.82) is 0 Å². The van der Waals surface area contributed by atoms with Gasteiger partial charge in [0.1, 0.15) is 5.69 Å². The van der Waals surface area contributed by atoms with Gasteiger partial charge in [0.2, 0.25) is 0 Å². The molecule has 1 aromatic carbocycles. The van der Waals surface area contributed by atoms with Gasteiger partial charge in [-0.1, -0.05) is 44.2 Å². The van der Waals surface area contributed by atoms with E-state index in [1.807, 2.05) is 32.0 Å². The van der Waals surface area contributed by atoms with E-state index in [1.165, 1.54) is 18.5 Å². The molecule has 0 N–H and O–H groups in total. The van der Waals surface area contributed by atoms with Crippen molar-refractivity contribution in [2.45, 2.75) is 52.5 Å². The van der Waals surface area contributed by atoms with Gasteiger partial charge in [-0.2, -0.15) is 5.10 Å². The summed E-state index contributed by atoms with van der Waals surface area (Å²) in [5.74, 6) is 1.34. The molecule has 1 saturated heterocycles. The standard InChI is InChI=1S/C25H38N4O/c1-19(2)11-14-29-15-12-22(13-16-29)23(18-21-9-7-6-8-10-21)27(4)25(30)24-17-20(3)26-28(24)5/h6-10,17,19,22-23H,11-16,18H2,1-5H3/t23-/m1/s1. The number of benzene rings is 1. The summed E-state index contributed by atoms with van der Waals surface area (Å²) in [6, 6.07) is 12.7. The topological polar surface area (TPSA) is 41.4 Å². The monoisotopic (exact) mass is 410 g/mol. The van der Waals surface area contributed by atoms with E-state index in [1.54, 1.807) is 4.68 Å².